The van der Waals surface area contributed by atoms with Gasteiger partial charge >= 0.3 is 11.9 Å². The number of ether oxygens (including phenoxy) is 1. The number of hydrogen-bond donors (Lipinski definition) is 1. The van der Waals surface area contributed by atoms with Gasteiger partial charge in [0.1, 0.15) is 0 Å². The van der Waals surface area contributed by atoms with Crippen molar-refractivity contribution in [2.45, 2.75) is 19.8 Å². The Morgan fingerprint density at radius 2 is 2.14 bits per heavy atom. The number of carboxylic acids is 1. The van der Waals surface area contributed by atoms with Crippen molar-refractivity contribution in [3.63, 3.8) is 0 Å². The second-order valence-corrected chi connectivity index (χ2v) is 4.77. The summed E-state index contributed by atoms with van der Waals surface area (Å²) in [4.78, 5) is 26.2. The maximum absolute atomic E-state index is 11.4. The van der Waals surface area contributed by atoms with Crippen molar-refractivity contribution in [2.24, 2.45) is 0 Å². The van der Waals surface area contributed by atoms with Crippen LogP contribution in [0.1, 0.15) is 24.5 Å². The molecule has 0 aliphatic heterocycles. The van der Waals surface area contributed by atoms with Crippen LogP contribution in [0.2, 0.25) is 0 Å². The molecule has 114 valence electrons. The predicted molar refractivity (Wildman–Crippen MR) is 83.4 cm³/mol. The number of aliphatic carboxylic acids is 1. The molecule has 22 heavy (non-hydrogen) atoms. The lowest BCUT2D eigenvalue weighted by Crippen LogP contribution is -2.05. The van der Waals surface area contributed by atoms with Gasteiger partial charge in [0.25, 0.3) is 0 Å². The highest BCUT2D eigenvalue weighted by molar-refractivity contribution is 5.87. The molecule has 1 aromatic carbocycles. The molecule has 0 bridgehead atoms. The van der Waals surface area contributed by atoms with Crippen LogP contribution in [0, 0.1) is 0 Å². The van der Waals surface area contributed by atoms with Crippen LogP contribution in [0.5, 0.6) is 0 Å². The molecule has 0 fully saturated rings. The topological polar surface area (TPSA) is 76.5 Å². The third-order valence-corrected chi connectivity index (χ3v) is 3.11. The van der Waals surface area contributed by atoms with Crippen molar-refractivity contribution in [3.05, 3.63) is 47.7 Å². The average molecular weight is 299 g/mol. The van der Waals surface area contributed by atoms with E-state index in [-0.39, 0.29) is 5.97 Å². The number of nitrogens with zero attached hydrogens (tertiary/aromatic N) is 1. The Bertz CT molecular complexity index is 722. The van der Waals surface area contributed by atoms with Gasteiger partial charge in [-0.1, -0.05) is 12.1 Å². The first-order valence-corrected chi connectivity index (χ1v) is 7.04. The summed E-state index contributed by atoms with van der Waals surface area (Å²) < 4.78 is 4.90. The Kier molecular flexibility index (Phi) is 5.25. The molecule has 0 aliphatic rings. The summed E-state index contributed by atoms with van der Waals surface area (Å²) in [6.45, 7) is 2.17. The summed E-state index contributed by atoms with van der Waals surface area (Å²) in [5.41, 5.74) is 2.53. The van der Waals surface area contributed by atoms with Crippen LogP contribution in [0.3, 0.4) is 0 Å². The molecule has 0 saturated carbocycles. The van der Waals surface area contributed by atoms with E-state index in [9.17, 15) is 9.59 Å². The molecule has 2 rings (SSSR count). The molecule has 0 atom stereocenters. The molecule has 1 N–H and O–H groups in total. The molecule has 0 saturated heterocycles. The fourth-order valence-corrected chi connectivity index (χ4v) is 2.07. The molecule has 0 aliphatic carbocycles. The van der Waals surface area contributed by atoms with Crippen LogP contribution in [-0.2, 0) is 20.7 Å². The van der Waals surface area contributed by atoms with Gasteiger partial charge in [-0.2, -0.15) is 0 Å². The average Bonchev–Trinajstić information content (AvgIpc) is 2.51. The van der Waals surface area contributed by atoms with Crippen LogP contribution in [0.15, 0.2) is 36.5 Å². The maximum atomic E-state index is 11.4. The summed E-state index contributed by atoms with van der Waals surface area (Å²) in [5, 5.41) is 9.58. The Balaban J connectivity index is 2.13. The summed E-state index contributed by atoms with van der Waals surface area (Å²) in [6.07, 6.45) is 5.27. The van der Waals surface area contributed by atoms with E-state index < -0.39 is 5.97 Å². The molecule has 5 nitrogen and oxygen atoms in total. The number of benzene rings is 1. The monoisotopic (exact) mass is 299 g/mol. The first-order chi connectivity index (χ1) is 10.6. The molecule has 0 radical (unpaired) electrons. The minimum Gasteiger partial charge on any atom is -0.478 e. The molecule has 2 aromatic rings. The van der Waals surface area contributed by atoms with Gasteiger partial charge in [-0.25, -0.2) is 4.79 Å². The van der Waals surface area contributed by atoms with E-state index >= 15 is 0 Å². The van der Waals surface area contributed by atoms with Crippen molar-refractivity contribution < 1.29 is 19.4 Å². The van der Waals surface area contributed by atoms with Gasteiger partial charge in [0.15, 0.2) is 0 Å². The predicted octanol–water partition coefficient (Wildman–Crippen LogP) is 2.83. The van der Waals surface area contributed by atoms with E-state index in [0.717, 1.165) is 28.1 Å². The van der Waals surface area contributed by atoms with Crippen molar-refractivity contribution in [3.8, 4) is 0 Å². The molecular formula is C17H17NO4. The Labute approximate surface area is 128 Å². The number of aryl methyl sites for hydroxylation is 1. The van der Waals surface area contributed by atoms with Crippen LogP contribution >= 0.6 is 0 Å². The molecule has 5 heteroatoms. The van der Waals surface area contributed by atoms with E-state index in [0.29, 0.717) is 19.4 Å². The van der Waals surface area contributed by atoms with Gasteiger partial charge in [-0.3, -0.25) is 9.78 Å². The van der Waals surface area contributed by atoms with Crippen molar-refractivity contribution >= 4 is 28.9 Å². The molecule has 0 spiro atoms. The third kappa shape index (κ3) is 4.41. The van der Waals surface area contributed by atoms with Crippen LogP contribution < -0.4 is 0 Å². The van der Waals surface area contributed by atoms with E-state index in [2.05, 4.69) is 4.98 Å². The standard InChI is InChI=1S/C17H17NO4/c1-2-22-17(21)8-5-13-9-14-6-3-12(4-7-16(19)20)10-15(14)18-11-13/h3-4,6-7,9-11H,2,5,8H2,1H3,(H,19,20)/b7-4+. The zero-order valence-electron chi connectivity index (χ0n) is 12.3. The first kappa shape index (κ1) is 15.7. The maximum Gasteiger partial charge on any atom is 0.328 e. The zero-order valence-corrected chi connectivity index (χ0v) is 12.3. The highest BCUT2D eigenvalue weighted by atomic mass is 16.5. The van der Waals surface area contributed by atoms with Crippen molar-refractivity contribution in [2.75, 3.05) is 6.61 Å². The van der Waals surface area contributed by atoms with Crippen LogP contribution in [0.4, 0.5) is 0 Å². The highest BCUT2D eigenvalue weighted by Gasteiger charge is 2.04. The smallest absolute Gasteiger partial charge is 0.328 e. The van der Waals surface area contributed by atoms with Gasteiger partial charge in [0.2, 0.25) is 0 Å². The number of aromatic nitrogens is 1. The van der Waals surface area contributed by atoms with Gasteiger partial charge in [-0.05, 0) is 42.7 Å². The Morgan fingerprint density at radius 3 is 2.86 bits per heavy atom. The lowest BCUT2D eigenvalue weighted by molar-refractivity contribution is -0.143. The van der Waals surface area contributed by atoms with E-state index in [1.54, 1.807) is 13.1 Å². The fourth-order valence-electron chi connectivity index (χ4n) is 2.07. The van der Waals surface area contributed by atoms with Crippen LogP contribution in [0.25, 0.3) is 17.0 Å². The van der Waals surface area contributed by atoms with Gasteiger partial charge in [-0.15, -0.1) is 0 Å². The third-order valence-electron chi connectivity index (χ3n) is 3.11. The fraction of sp³-hybridized carbons (Fsp3) is 0.235. The summed E-state index contributed by atoms with van der Waals surface area (Å²) in [7, 11) is 0. The largest absolute Gasteiger partial charge is 0.478 e. The number of pyridine rings is 1. The minimum atomic E-state index is -0.984. The number of rotatable bonds is 6. The van der Waals surface area contributed by atoms with E-state index in [1.165, 1.54) is 6.08 Å². The summed E-state index contributed by atoms with van der Waals surface area (Å²) in [5.74, 6) is -1.20. The minimum absolute atomic E-state index is 0.211. The zero-order chi connectivity index (χ0) is 15.9. The summed E-state index contributed by atoms with van der Waals surface area (Å²) in [6, 6.07) is 7.52. The summed E-state index contributed by atoms with van der Waals surface area (Å²) >= 11 is 0. The highest BCUT2D eigenvalue weighted by Crippen LogP contribution is 2.17. The Hall–Kier alpha value is -2.69. The second kappa shape index (κ2) is 7.36. The molecule has 0 amide bonds. The van der Waals surface area contributed by atoms with E-state index in [1.807, 2.05) is 24.3 Å². The van der Waals surface area contributed by atoms with Crippen LogP contribution in [-0.4, -0.2) is 28.6 Å². The number of fused-ring (bicyclic) bond motifs is 1. The lowest BCUT2D eigenvalue weighted by Gasteiger charge is -2.04. The number of carboxylic acid groups (broad SMARTS) is 1. The lowest BCUT2D eigenvalue weighted by atomic mass is 10.1. The van der Waals surface area contributed by atoms with Gasteiger partial charge < -0.3 is 9.84 Å². The molecule has 1 aromatic heterocycles. The van der Waals surface area contributed by atoms with E-state index in [4.69, 9.17) is 9.84 Å². The van der Waals surface area contributed by atoms with Crippen molar-refractivity contribution in [1.29, 1.82) is 0 Å². The molecule has 1 heterocycles. The quantitative estimate of drug-likeness (QED) is 0.655. The number of esters is 1. The van der Waals surface area contributed by atoms with Crippen molar-refractivity contribution in [1.82, 2.24) is 4.98 Å². The second-order valence-electron chi connectivity index (χ2n) is 4.77. The number of hydrogen-bond acceptors (Lipinski definition) is 4. The number of carbonyl (C=O) groups is 2. The molecule has 0 unspecified atom stereocenters. The first-order valence-electron chi connectivity index (χ1n) is 7.04. The van der Waals surface area contributed by atoms with Gasteiger partial charge in [0, 0.05) is 24.1 Å². The molecular weight excluding hydrogens is 282 g/mol. The van der Waals surface area contributed by atoms with Gasteiger partial charge in [0.05, 0.1) is 12.1 Å². The SMILES string of the molecule is CCOC(=O)CCc1cnc2cc(/C=C/C(=O)O)ccc2c1. The number of carbonyl (C=O) groups excluding carboxylic acids is 1. The normalized spacial score (nSPS) is 11.0. The Morgan fingerprint density at radius 1 is 1.32 bits per heavy atom.